The molecule has 3 amide bonds. The van der Waals surface area contributed by atoms with Gasteiger partial charge in [0.1, 0.15) is 5.00 Å². The highest BCUT2D eigenvalue weighted by molar-refractivity contribution is 7.90. The topological polar surface area (TPSA) is 144 Å². The lowest BCUT2D eigenvalue weighted by atomic mass is 10.3. The number of anilines is 1. The van der Waals surface area contributed by atoms with Crippen molar-refractivity contribution in [3.8, 4) is 0 Å². The molecule has 2 aromatic heterocycles. The minimum absolute atomic E-state index is 0.00918. The molecule has 0 aliphatic carbocycles. The Labute approximate surface area is 162 Å². The van der Waals surface area contributed by atoms with Gasteiger partial charge < -0.3 is 10.1 Å². The number of hydrogen-bond donors (Lipinski definition) is 2. The van der Waals surface area contributed by atoms with Crippen molar-refractivity contribution >= 4 is 55.7 Å². The van der Waals surface area contributed by atoms with Crippen molar-refractivity contribution in [3.63, 3.8) is 0 Å². The highest BCUT2D eigenvalue weighted by Gasteiger charge is 2.22. The van der Waals surface area contributed by atoms with E-state index in [2.05, 4.69) is 20.0 Å². The maximum atomic E-state index is 12.4. The molecule has 0 atom stereocenters. The van der Waals surface area contributed by atoms with E-state index in [1.807, 2.05) is 5.32 Å². The fraction of sp³-hybridized carbons (Fsp3) is 0.214. The number of carbonyl (C=O) groups is 3. The van der Waals surface area contributed by atoms with Gasteiger partial charge in [-0.05, 0) is 18.4 Å². The Bertz CT molecular complexity index is 1000. The highest BCUT2D eigenvalue weighted by atomic mass is 35.5. The van der Waals surface area contributed by atoms with Crippen LogP contribution in [0.25, 0.3) is 0 Å². The summed E-state index contributed by atoms with van der Waals surface area (Å²) in [6, 6.07) is 1.39. The summed E-state index contributed by atoms with van der Waals surface area (Å²) in [7, 11) is -3.75. The van der Waals surface area contributed by atoms with Crippen molar-refractivity contribution in [2.75, 3.05) is 18.2 Å². The zero-order valence-electron chi connectivity index (χ0n) is 14.0. The predicted molar refractivity (Wildman–Crippen MR) is 96.9 cm³/mol. The lowest BCUT2D eigenvalue weighted by Gasteiger charge is -2.08. The molecule has 2 aromatic rings. The molecular formula is C14H13ClN4O6S2. The van der Waals surface area contributed by atoms with Crippen molar-refractivity contribution in [2.24, 2.45) is 0 Å². The number of thiophene rings is 1. The van der Waals surface area contributed by atoms with Gasteiger partial charge >= 0.3 is 6.09 Å². The molecule has 0 spiro atoms. The molecule has 0 saturated heterocycles. The van der Waals surface area contributed by atoms with E-state index in [9.17, 15) is 22.8 Å². The number of amides is 3. The number of alkyl carbamates (subject to hydrolysis) is 1. The molecule has 0 radical (unpaired) electrons. The van der Waals surface area contributed by atoms with E-state index in [4.69, 9.17) is 11.6 Å². The number of sulfone groups is 1. The van der Waals surface area contributed by atoms with E-state index in [0.29, 0.717) is 0 Å². The van der Waals surface area contributed by atoms with E-state index in [1.165, 1.54) is 11.4 Å². The summed E-state index contributed by atoms with van der Waals surface area (Å²) in [5.74, 6) is -1.63. The Hall–Kier alpha value is -2.57. The standard InChI is InChI=1S/C14H13ClN4O6S2/c1-3-25-14(22)19-10(20)7-4-5-26-12(7)18-11(21)9-8(15)6-16-13(17-9)27(2,23)24/h4-6H,3H2,1-2H3,(H,18,21)(H,19,20,22). The lowest BCUT2D eigenvalue weighted by molar-refractivity contribution is 0.0926. The first-order chi connectivity index (χ1) is 12.6. The summed E-state index contributed by atoms with van der Waals surface area (Å²) in [5.41, 5.74) is -0.368. The number of rotatable bonds is 5. The van der Waals surface area contributed by atoms with Gasteiger partial charge in [0.25, 0.3) is 11.8 Å². The summed E-state index contributed by atoms with van der Waals surface area (Å²) in [6.07, 6.45) is 0.945. The van der Waals surface area contributed by atoms with Crippen molar-refractivity contribution in [2.45, 2.75) is 12.1 Å². The van der Waals surface area contributed by atoms with Gasteiger partial charge in [0, 0.05) is 6.26 Å². The first-order valence-electron chi connectivity index (χ1n) is 7.23. The van der Waals surface area contributed by atoms with Crippen LogP contribution in [0.2, 0.25) is 5.02 Å². The van der Waals surface area contributed by atoms with Crippen LogP contribution >= 0.6 is 22.9 Å². The fourth-order valence-corrected chi connectivity index (χ4v) is 3.22. The Morgan fingerprint density at radius 1 is 1.30 bits per heavy atom. The van der Waals surface area contributed by atoms with Crippen LogP contribution in [0.5, 0.6) is 0 Å². The van der Waals surface area contributed by atoms with Crippen molar-refractivity contribution in [1.29, 1.82) is 0 Å². The molecule has 0 saturated carbocycles. The zero-order valence-corrected chi connectivity index (χ0v) is 16.4. The largest absolute Gasteiger partial charge is 0.450 e. The monoisotopic (exact) mass is 432 g/mol. The third-order valence-electron chi connectivity index (χ3n) is 2.90. The molecule has 0 aliphatic heterocycles. The SMILES string of the molecule is CCOC(=O)NC(=O)c1ccsc1NC(=O)c1nc(S(C)(=O)=O)ncc1Cl. The predicted octanol–water partition coefficient (Wildman–Crippen LogP) is 1.73. The van der Waals surface area contributed by atoms with Gasteiger partial charge in [-0.3, -0.25) is 14.9 Å². The average Bonchev–Trinajstić information content (AvgIpc) is 3.02. The maximum absolute atomic E-state index is 12.4. The van der Waals surface area contributed by atoms with E-state index in [1.54, 1.807) is 6.92 Å². The number of aromatic nitrogens is 2. The number of carbonyl (C=O) groups excluding carboxylic acids is 3. The summed E-state index contributed by atoms with van der Waals surface area (Å²) in [5, 5.41) is 5.29. The first-order valence-corrected chi connectivity index (χ1v) is 10.4. The summed E-state index contributed by atoms with van der Waals surface area (Å²) < 4.78 is 27.7. The molecule has 13 heteroatoms. The summed E-state index contributed by atoms with van der Waals surface area (Å²) in [4.78, 5) is 43.1. The highest BCUT2D eigenvalue weighted by Crippen LogP contribution is 2.25. The van der Waals surface area contributed by atoms with Crippen LogP contribution in [0.3, 0.4) is 0 Å². The maximum Gasteiger partial charge on any atom is 0.414 e. The van der Waals surface area contributed by atoms with E-state index in [-0.39, 0.29) is 27.9 Å². The molecular weight excluding hydrogens is 420 g/mol. The van der Waals surface area contributed by atoms with Crippen LogP contribution in [0.1, 0.15) is 27.8 Å². The summed E-state index contributed by atoms with van der Waals surface area (Å²) >= 11 is 6.88. The number of hydrogen-bond acceptors (Lipinski definition) is 9. The molecule has 2 heterocycles. The molecule has 144 valence electrons. The molecule has 0 aromatic carbocycles. The van der Waals surface area contributed by atoms with Crippen molar-refractivity contribution in [1.82, 2.24) is 15.3 Å². The number of halogens is 1. The molecule has 2 N–H and O–H groups in total. The van der Waals surface area contributed by atoms with Gasteiger partial charge in [-0.2, -0.15) is 0 Å². The van der Waals surface area contributed by atoms with Crippen LogP contribution in [0, 0.1) is 0 Å². The molecule has 10 nitrogen and oxygen atoms in total. The van der Waals surface area contributed by atoms with Crippen LogP contribution in [0.4, 0.5) is 9.80 Å². The molecule has 2 rings (SSSR count). The van der Waals surface area contributed by atoms with Gasteiger partial charge in [-0.25, -0.2) is 23.2 Å². The number of nitrogens with one attached hydrogen (secondary N) is 2. The molecule has 0 bridgehead atoms. The third kappa shape index (κ3) is 5.21. The average molecular weight is 433 g/mol. The summed E-state index contributed by atoms with van der Waals surface area (Å²) in [6.45, 7) is 1.66. The normalized spacial score (nSPS) is 10.9. The smallest absolute Gasteiger partial charge is 0.414 e. The Morgan fingerprint density at radius 2 is 2.00 bits per heavy atom. The van der Waals surface area contributed by atoms with E-state index in [0.717, 1.165) is 23.8 Å². The second-order valence-corrected chi connectivity index (χ2v) is 8.15. The lowest BCUT2D eigenvalue weighted by Crippen LogP contribution is -2.31. The number of imide groups is 1. The zero-order chi connectivity index (χ0) is 20.2. The van der Waals surface area contributed by atoms with Crippen molar-refractivity contribution < 1.29 is 27.5 Å². The minimum atomic E-state index is -3.75. The minimum Gasteiger partial charge on any atom is -0.450 e. The molecule has 0 fully saturated rings. The van der Waals surface area contributed by atoms with Crippen molar-refractivity contribution in [3.05, 3.63) is 33.9 Å². The molecule has 0 unspecified atom stereocenters. The van der Waals surface area contributed by atoms with Gasteiger partial charge in [-0.1, -0.05) is 11.6 Å². The van der Waals surface area contributed by atoms with Crippen LogP contribution < -0.4 is 10.6 Å². The second kappa shape index (κ2) is 8.41. The first kappa shape index (κ1) is 20.7. The van der Waals surface area contributed by atoms with Gasteiger partial charge in [0.2, 0.25) is 15.0 Å². The number of ether oxygens (including phenoxy) is 1. The number of nitrogens with zero attached hydrogens (tertiary/aromatic N) is 2. The molecule has 27 heavy (non-hydrogen) atoms. The Morgan fingerprint density at radius 3 is 2.63 bits per heavy atom. The Kier molecular flexibility index (Phi) is 6.46. The van der Waals surface area contributed by atoms with Gasteiger partial charge in [-0.15, -0.1) is 11.3 Å². The van der Waals surface area contributed by atoms with Crippen LogP contribution in [-0.4, -0.2) is 49.2 Å². The second-order valence-electron chi connectivity index (χ2n) is 4.91. The van der Waals surface area contributed by atoms with E-state index >= 15 is 0 Å². The molecule has 0 aliphatic rings. The third-order valence-corrected chi connectivity index (χ3v) is 4.86. The van der Waals surface area contributed by atoms with Gasteiger partial charge in [0.05, 0.1) is 23.4 Å². The van der Waals surface area contributed by atoms with Crippen LogP contribution in [0.15, 0.2) is 22.8 Å². The van der Waals surface area contributed by atoms with Gasteiger partial charge in [0.15, 0.2) is 5.69 Å². The fourth-order valence-electron chi connectivity index (χ4n) is 1.76. The van der Waals surface area contributed by atoms with E-state index < -0.39 is 32.9 Å². The Balaban J connectivity index is 2.24. The van der Waals surface area contributed by atoms with Crippen LogP contribution in [-0.2, 0) is 14.6 Å². The quantitative estimate of drug-likeness (QED) is 0.679.